The Kier molecular flexibility index (Phi) is 2.76. The summed E-state index contributed by atoms with van der Waals surface area (Å²) in [6, 6.07) is 1.61. The lowest BCUT2D eigenvalue weighted by molar-refractivity contribution is -0.133. The third-order valence-electron chi connectivity index (χ3n) is 1.39. The van der Waals surface area contributed by atoms with Crippen LogP contribution in [0.5, 0.6) is 5.95 Å². The fourth-order valence-electron chi connectivity index (χ4n) is 0.814. The van der Waals surface area contributed by atoms with Gasteiger partial charge in [-0.1, -0.05) is 0 Å². The van der Waals surface area contributed by atoms with Crippen molar-refractivity contribution in [3.05, 3.63) is 17.4 Å². The molecule has 3 nitrogen and oxygen atoms in total. The van der Waals surface area contributed by atoms with Crippen molar-refractivity contribution in [3.63, 3.8) is 0 Å². The van der Waals surface area contributed by atoms with E-state index in [-0.39, 0.29) is 5.95 Å². The summed E-state index contributed by atoms with van der Waals surface area (Å²) < 4.78 is 9.80. The second kappa shape index (κ2) is 3.63. The average Bonchev–Trinajstić information content (AvgIpc) is 2.29. The predicted molar refractivity (Wildman–Crippen MR) is 44.3 cm³/mol. The Morgan fingerprint density at radius 2 is 2.42 bits per heavy atom. The molecule has 4 heteroatoms. The van der Waals surface area contributed by atoms with Gasteiger partial charge in [-0.2, -0.15) is 0 Å². The largest absolute Gasteiger partial charge is 0.430 e. The Balaban J connectivity index is 2.82. The van der Waals surface area contributed by atoms with Gasteiger partial charge in [0.1, 0.15) is 5.76 Å². The molecule has 0 aliphatic rings. The van der Waals surface area contributed by atoms with Crippen LogP contribution in [-0.2, 0) is 10.7 Å². The van der Waals surface area contributed by atoms with Crippen molar-refractivity contribution in [2.45, 2.75) is 19.7 Å². The predicted octanol–water partition coefficient (Wildman–Crippen LogP) is 2.25. The van der Waals surface area contributed by atoms with Gasteiger partial charge in [0.15, 0.2) is 0 Å². The van der Waals surface area contributed by atoms with Gasteiger partial charge in [0.2, 0.25) is 0 Å². The van der Waals surface area contributed by atoms with Gasteiger partial charge in [-0.3, -0.25) is 4.79 Å². The minimum Gasteiger partial charge on any atom is -0.430 e. The number of halogens is 1. The van der Waals surface area contributed by atoms with E-state index in [0.29, 0.717) is 11.6 Å². The van der Waals surface area contributed by atoms with E-state index in [1.165, 1.54) is 6.92 Å². The standard InChI is InChI=1S/C8H9ClO3/c1-5-7(4-9)3-8(11-5)12-6(2)10/h3H,4H2,1-2H3. The highest BCUT2D eigenvalue weighted by atomic mass is 35.5. The molecule has 1 aromatic heterocycles. The van der Waals surface area contributed by atoms with Crippen molar-refractivity contribution in [3.8, 4) is 5.95 Å². The zero-order valence-electron chi connectivity index (χ0n) is 6.89. The summed E-state index contributed by atoms with van der Waals surface area (Å²) in [6.45, 7) is 3.09. The monoisotopic (exact) mass is 188 g/mol. The summed E-state index contributed by atoms with van der Waals surface area (Å²) >= 11 is 5.58. The van der Waals surface area contributed by atoms with E-state index >= 15 is 0 Å². The normalized spacial score (nSPS) is 9.92. The molecule has 0 N–H and O–H groups in total. The third kappa shape index (κ3) is 2.01. The van der Waals surface area contributed by atoms with Gasteiger partial charge >= 0.3 is 5.97 Å². The van der Waals surface area contributed by atoms with Crippen LogP contribution in [0.2, 0.25) is 0 Å². The summed E-state index contributed by atoms with van der Waals surface area (Å²) in [5.74, 6) is 0.845. The molecule has 0 aromatic carbocycles. The molecular weight excluding hydrogens is 180 g/mol. The van der Waals surface area contributed by atoms with Crippen LogP contribution in [0.4, 0.5) is 0 Å². The summed E-state index contributed by atoms with van der Waals surface area (Å²) in [5, 5.41) is 0. The Morgan fingerprint density at radius 1 is 1.75 bits per heavy atom. The number of aryl methyl sites for hydroxylation is 1. The molecule has 0 atom stereocenters. The quantitative estimate of drug-likeness (QED) is 0.528. The second-order valence-electron chi connectivity index (χ2n) is 2.37. The topological polar surface area (TPSA) is 39.4 Å². The zero-order valence-corrected chi connectivity index (χ0v) is 7.64. The van der Waals surface area contributed by atoms with Gasteiger partial charge in [-0.05, 0) is 6.92 Å². The molecule has 0 radical (unpaired) electrons. The minimum absolute atomic E-state index is 0.204. The summed E-state index contributed by atoms with van der Waals surface area (Å²) in [7, 11) is 0. The maximum Gasteiger partial charge on any atom is 0.310 e. The number of hydrogen-bond acceptors (Lipinski definition) is 3. The maximum atomic E-state index is 10.5. The number of rotatable bonds is 2. The number of ether oxygens (including phenoxy) is 1. The van der Waals surface area contributed by atoms with Crippen LogP contribution in [0.3, 0.4) is 0 Å². The first-order valence-electron chi connectivity index (χ1n) is 3.47. The Hall–Kier alpha value is -0.960. The molecule has 0 aliphatic heterocycles. The summed E-state index contributed by atoms with van der Waals surface area (Å²) in [6.07, 6.45) is 0. The first-order chi connectivity index (χ1) is 5.63. The van der Waals surface area contributed by atoms with Crippen LogP contribution in [0.25, 0.3) is 0 Å². The lowest BCUT2D eigenvalue weighted by Gasteiger charge is -1.91. The molecule has 0 unspecified atom stereocenters. The summed E-state index contributed by atoms with van der Waals surface area (Å²) in [5.41, 5.74) is 0.841. The molecule has 0 saturated carbocycles. The van der Waals surface area contributed by atoms with E-state index in [1.54, 1.807) is 13.0 Å². The van der Waals surface area contributed by atoms with Crippen LogP contribution in [0, 0.1) is 6.92 Å². The van der Waals surface area contributed by atoms with Crippen molar-refractivity contribution in [2.24, 2.45) is 0 Å². The maximum absolute atomic E-state index is 10.5. The Bertz CT molecular complexity index is 290. The van der Waals surface area contributed by atoms with Crippen molar-refractivity contribution in [1.82, 2.24) is 0 Å². The van der Waals surface area contributed by atoms with E-state index < -0.39 is 5.97 Å². The number of carbonyl (C=O) groups excluding carboxylic acids is 1. The molecule has 0 bridgehead atoms. The number of carbonyl (C=O) groups is 1. The Morgan fingerprint density at radius 3 is 2.83 bits per heavy atom. The Labute approximate surface area is 75.3 Å². The van der Waals surface area contributed by atoms with Gasteiger partial charge < -0.3 is 9.15 Å². The summed E-state index contributed by atoms with van der Waals surface area (Å²) in [4.78, 5) is 10.5. The molecular formula is C8H9ClO3. The molecule has 0 fully saturated rings. The number of esters is 1. The first kappa shape index (κ1) is 9.13. The molecule has 1 aromatic rings. The molecule has 0 aliphatic carbocycles. The highest BCUT2D eigenvalue weighted by Crippen LogP contribution is 2.22. The molecule has 0 saturated heterocycles. The van der Waals surface area contributed by atoms with E-state index in [9.17, 15) is 4.79 Å². The lowest BCUT2D eigenvalue weighted by atomic mass is 10.3. The van der Waals surface area contributed by atoms with Gasteiger partial charge in [0, 0.05) is 18.6 Å². The zero-order chi connectivity index (χ0) is 9.14. The minimum atomic E-state index is -0.398. The van der Waals surface area contributed by atoms with E-state index in [1.807, 2.05) is 0 Å². The number of furan rings is 1. The first-order valence-corrected chi connectivity index (χ1v) is 4.00. The van der Waals surface area contributed by atoms with Gasteiger partial charge in [0.05, 0.1) is 5.88 Å². The second-order valence-corrected chi connectivity index (χ2v) is 2.64. The van der Waals surface area contributed by atoms with E-state index in [4.69, 9.17) is 20.8 Å². The molecule has 1 rings (SSSR count). The highest BCUT2D eigenvalue weighted by Gasteiger charge is 2.08. The van der Waals surface area contributed by atoms with Crippen molar-refractivity contribution >= 4 is 17.6 Å². The molecule has 1 heterocycles. The van der Waals surface area contributed by atoms with Crippen LogP contribution >= 0.6 is 11.6 Å². The van der Waals surface area contributed by atoms with Gasteiger partial charge in [0.25, 0.3) is 5.95 Å². The van der Waals surface area contributed by atoms with Gasteiger partial charge in [-0.25, -0.2) is 0 Å². The molecule has 12 heavy (non-hydrogen) atoms. The molecule has 0 spiro atoms. The lowest BCUT2D eigenvalue weighted by Crippen LogP contribution is -1.99. The van der Waals surface area contributed by atoms with Crippen LogP contribution in [0.1, 0.15) is 18.2 Å². The third-order valence-corrected chi connectivity index (χ3v) is 1.67. The average molecular weight is 189 g/mol. The van der Waals surface area contributed by atoms with E-state index in [0.717, 1.165) is 5.56 Å². The molecule has 0 amide bonds. The highest BCUT2D eigenvalue weighted by molar-refractivity contribution is 6.17. The molecule has 66 valence electrons. The van der Waals surface area contributed by atoms with Crippen molar-refractivity contribution in [1.29, 1.82) is 0 Å². The fraction of sp³-hybridized carbons (Fsp3) is 0.375. The van der Waals surface area contributed by atoms with Crippen molar-refractivity contribution < 1.29 is 13.9 Å². The van der Waals surface area contributed by atoms with Crippen LogP contribution in [0.15, 0.2) is 10.5 Å². The van der Waals surface area contributed by atoms with E-state index in [2.05, 4.69) is 0 Å². The van der Waals surface area contributed by atoms with Gasteiger partial charge in [-0.15, -0.1) is 11.6 Å². The number of hydrogen-bond donors (Lipinski definition) is 0. The fourth-order valence-corrected chi connectivity index (χ4v) is 1.08. The van der Waals surface area contributed by atoms with Crippen molar-refractivity contribution in [2.75, 3.05) is 0 Å². The van der Waals surface area contributed by atoms with Crippen LogP contribution in [-0.4, -0.2) is 5.97 Å². The smallest absolute Gasteiger partial charge is 0.310 e. The van der Waals surface area contributed by atoms with Crippen LogP contribution < -0.4 is 4.74 Å². The SMILES string of the molecule is CC(=O)Oc1cc(CCl)c(C)o1. The number of alkyl halides is 1.